The minimum absolute atomic E-state index is 0.0968. The highest BCUT2D eigenvalue weighted by Crippen LogP contribution is 2.21. The number of aliphatic hydroxyl groups is 1. The summed E-state index contributed by atoms with van der Waals surface area (Å²) in [4.78, 5) is 11.6. The van der Waals surface area contributed by atoms with Crippen LogP contribution < -0.4 is 0 Å². The molecular weight excluding hydrogens is 202 g/mol. The van der Waals surface area contributed by atoms with Gasteiger partial charge < -0.3 is 5.11 Å². The summed E-state index contributed by atoms with van der Waals surface area (Å²) in [5.74, 6) is -2.83. The number of hydrogen-bond acceptors (Lipinski definition) is 2. The van der Waals surface area contributed by atoms with Crippen LogP contribution in [0.2, 0.25) is 0 Å². The zero-order valence-electron chi connectivity index (χ0n) is 8.55. The van der Waals surface area contributed by atoms with Gasteiger partial charge in [0.25, 0.3) is 0 Å². The van der Waals surface area contributed by atoms with Gasteiger partial charge in [0, 0.05) is 0 Å². The molecule has 1 aromatic carbocycles. The Morgan fingerprint density at radius 2 is 1.87 bits per heavy atom. The Morgan fingerprint density at radius 1 is 1.40 bits per heavy atom. The number of hydrogen-bond donors (Lipinski definition) is 1. The molecule has 0 saturated heterocycles. The predicted molar refractivity (Wildman–Crippen MR) is 51.6 cm³/mol. The second kappa shape index (κ2) is 4.06. The molecule has 1 atom stereocenters. The molecule has 0 aromatic heterocycles. The van der Waals surface area contributed by atoms with E-state index in [9.17, 15) is 18.7 Å². The molecule has 82 valence electrons. The Morgan fingerprint density at radius 3 is 2.27 bits per heavy atom. The fourth-order valence-electron chi connectivity index (χ4n) is 1.14. The molecule has 4 heteroatoms. The van der Waals surface area contributed by atoms with Crippen molar-refractivity contribution in [2.45, 2.75) is 25.9 Å². The Labute approximate surface area is 86.5 Å². The molecular formula is C11H12F2O2. The minimum Gasteiger partial charge on any atom is -0.382 e. The van der Waals surface area contributed by atoms with Gasteiger partial charge in [0.1, 0.15) is 17.2 Å². The molecule has 1 rings (SSSR count). The van der Waals surface area contributed by atoms with Crippen molar-refractivity contribution < 1.29 is 18.7 Å². The van der Waals surface area contributed by atoms with Crippen molar-refractivity contribution in [3.63, 3.8) is 0 Å². The third-order valence-electron chi connectivity index (χ3n) is 2.37. The van der Waals surface area contributed by atoms with Crippen LogP contribution in [0.5, 0.6) is 0 Å². The molecule has 0 aliphatic rings. The monoisotopic (exact) mass is 214 g/mol. The van der Waals surface area contributed by atoms with Crippen molar-refractivity contribution >= 4 is 5.78 Å². The quantitative estimate of drug-likeness (QED) is 0.784. The van der Waals surface area contributed by atoms with Crippen LogP contribution in [0.4, 0.5) is 8.78 Å². The van der Waals surface area contributed by atoms with Crippen LogP contribution in [0.3, 0.4) is 0 Å². The van der Waals surface area contributed by atoms with E-state index in [1.807, 2.05) is 0 Å². The van der Waals surface area contributed by atoms with Gasteiger partial charge in [0.2, 0.25) is 0 Å². The molecule has 15 heavy (non-hydrogen) atoms. The van der Waals surface area contributed by atoms with Crippen molar-refractivity contribution in [3.8, 4) is 0 Å². The molecule has 0 aliphatic heterocycles. The van der Waals surface area contributed by atoms with E-state index in [0.29, 0.717) is 0 Å². The number of carbonyl (C=O) groups excluding carboxylic acids is 1. The van der Waals surface area contributed by atoms with E-state index in [-0.39, 0.29) is 6.42 Å². The number of benzene rings is 1. The van der Waals surface area contributed by atoms with Crippen LogP contribution in [-0.4, -0.2) is 16.5 Å². The number of halogens is 2. The summed E-state index contributed by atoms with van der Waals surface area (Å²) in [5, 5.41) is 9.61. The lowest BCUT2D eigenvalue weighted by atomic mass is 9.92. The van der Waals surface area contributed by atoms with Crippen LogP contribution in [0.25, 0.3) is 0 Å². The molecule has 1 aromatic rings. The van der Waals surface area contributed by atoms with Crippen molar-refractivity contribution in [1.29, 1.82) is 0 Å². The second-order valence-electron chi connectivity index (χ2n) is 3.55. The van der Waals surface area contributed by atoms with Crippen molar-refractivity contribution in [2.75, 3.05) is 0 Å². The topological polar surface area (TPSA) is 37.3 Å². The Hall–Kier alpha value is -1.29. The Bertz CT molecular complexity index is 366. The van der Waals surface area contributed by atoms with Gasteiger partial charge >= 0.3 is 0 Å². The zero-order valence-corrected chi connectivity index (χ0v) is 8.55. The first kappa shape index (κ1) is 11.8. The maximum Gasteiger partial charge on any atom is 0.199 e. The standard InChI is InChI=1S/C11H12F2O2/c1-3-11(2,15)10(14)9-7(12)5-4-6-8(9)13/h4-6,15H,3H2,1-2H3. The fourth-order valence-corrected chi connectivity index (χ4v) is 1.14. The normalized spacial score (nSPS) is 14.7. The van der Waals surface area contributed by atoms with Crippen molar-refractivity contribution in [3.05, 3.63) is 35.4 Å². The summed E-state index contributed by atoms with van der Waals surface area (Å²) in [6, 6.07) is 3.15. The summed E-state index contributed by atoms with van der Waals surface area (Å²) in [6.45, 7) is 2.80. The summed E-state index contributed by atoms with van der Waals surface area (Å²) in [5.41, 5.74) is -2.41. The first-order valence-electron chi connectivity index (χ1n) is 4.61. The third-order valence-corrected chi connectivity index (χ3v) is 2.37. The van der Waals surface area contributed by atoms with Crippen molar-refractivity contribution in [2.24, 2.45) is 0 Å². The van der Waals surface area contributed by atoms with Gasteiger partial charge in [-0.15, -0.1) is 0 Å². The van der Waals surface area contributed by atoms with Crippen LogP contribution >= 0.6 is 0 Å². The number of carbonyl (C=O) groups is 1. The van der Waals surface area contributed by atoms with E-state index in [0.717, 1.165) is 12.1 Å². The molecule has 0 spiro atoms. The van der Waals surface area contributed by atoms with Gasteiger partial charge in [0.05, 0.1) is 5.56 Å². The molecule has 2 nitrogen and oxygen atoms in total. The van der Waals surface area contributed by atoms with Gasteiger partial charge in [-0.25, -0.2) is 8.78 Å². The predicted octanol–water partition coefficient (Wildman–Crippen LogP) is 2.31. The van der Waals surface area contributed by atoms with Gasteiger partial charge in [-0.3, -0.25) is 4.79 Å². The maximum absolute atomic E-state index is 13.2. The second-order valence-corrected chi connectivity index (χ2v) is 3.55. The van der Waals surface area contributed by atoms with Gasteiger partial charge in [-0.05, 0) is 25.5 Å². The molecule has 0 bridgehead atoms. The highest BCUT2D eigenvalue weighted by Gasteiger charge is 2.32. The molecule has 0 amide bonds. The summed E-state index contributed by atoms with van der Waals surface area (Å²) in [7, 11) is 0. The summed E-state index contributed by atoms with van der Waals surface area (Å²) in [6.07, 6.45) is 0.0968. The summed E-state index contributed by atoms with van der Waals surface area (Å²) < 4.78 is 26.4. The van der Waals surface area contributed by atoms with Gasteiger partial charge in [0.15, 0.2) is 5.78 Å². The number of ketones is 1. The fraction of sp³-hybridized carbons (Fsp3) is 0.364. The van der Waals surface area contributed by atoms with Crippen LogP contribution in [0, 0.1) is 11.6 Å². The minimum atomic E-state index is -1.73. The molecule has 0 radical (unpaired) electrons. The van der Waals surface area contributed by atoms with E-state index in [4.69, 9.17) is 0 Å². The van der Waals surface area contributed by atoms with Crippen molar-refractivity contribution in [1.82, 2.24) is 0 Å². The molecule has 1 unspecified atom stereocenters. The SMILES string of the molecule is CCC(C)(O)C(=O)c1c(F)cccc1F. The average Bonchev–Trinajstić information content (AvgIpc) is 2.17. The van der Waals surface area contributed by atoms with Crippen LogP contribution in [0.15, 0.2) is 18.2 Å². The van der Waals surface area contributed by atoms with Gasteiger partial charge in [-0.2, -0.15) is 0 Å². The van der Waals surface area contributed by atoms with E-state index in [2.05, 4.69) is 0 Å². The molecule has 0 fully saturated rings. The first-order valence-corrected chi connectivity index (χ1v) is 4.61. The Balaban J connectivity index is 3.23. The van der Waals surface area contributed by atoms with E-state index in [1.54, 1.807) is 6.92 Å². The highest BCUT2D eigenvalue weighted by molar-refractivity contribution is 6.02. The zero-order chi connectivity index (χ0) is 11.6. The van der Waals surface area contributed by atoms with Crippen LogP contribution in [0.1, 0.15) is 30.6 Å². The van der Waals surface area contributed by atoms with E-state index in [1.165, 1.54) is 13.0 Å². The molecule has 0 saturated carbocycles. The summed E-state index contributed by atoms with van der Waals surface area (Å²) >= 11 is 0. The smallest absolute Gasteiger partial charge is 0.199 e. The lowest BCUT2D eigenvalue weighted by Crippen LogP contribution is -2.35. The van der Waals surface area contributed by atoms with Gasteiger partial charge in [-0.1, -0.05) is 13.0 Å². The third kappa shape index (κ3) is 2.21. The van der Waals surface area contributed by atoms with E-state index >= 15 is 0 Å². The van der Waals surface area contributed by atoms with E-state index < -0.39 is 28.6 Å². The largest absolute Gasteiger partial charge is 0.382 e. The first-order chi connectivity index (χ1) is 6.90. The number of rotatable bonds is 3. The Kier molecular flexibility index (Phi) is 3.19. The number of Topliss-reactive ketones (excluding diaryl/α,β-unsaturated/α-hetero) is 1. The molecule has 0 heterocycles. The molecule has 0 aliphatic carbocycles. The lowest BCUT2D eigenvalue weighted by molar-refractivity contribution is 0.0381. The molecule has 1 N–H and O–H groups in total. The lowest BCUT2D eigenvalue weighted by Gasteiger charge is -2.19. The average molecular weight is 214 g/mol. The maximum atomic E-state index is 13.2. The highest BCUT2D eigenvalue weighted by atomic mass is 19.1. The van der Waals surface area contributed by atoms with Crippen LogP contribution in [-0.2, 0) is 0 Å².